The summed E-state index contributed by atoms with van der Waals surface area (Å²) in [4.78, 5) is 17.4. The van der Waals surface area contributed by atoms with Gasteiger partial charge in [-0.05, 0) is 49.4 Å². The Morgan fingerprint density at radius 2 is 2.14 bits per heavy atom. The zero-order valence-electron chi connectivity index (χ0n) is 16.4. The average molecular weight is 386 g/mol. The van der Waals surface area contributed by atoms with E-state index in [1.807, 2.05) is 29.8 Å². The van der Waals surface area contributed by atoms with Crippen LogP contribution in [-0.2, 0) is 26.3 Å². The number of amides is 1. The molecule has 0 radical (unpaired) electrons. The largest absolute Gasteiger partial charge is 0.352 e. The van der Waals surface area contributed by atoms with Gasteiger partial charge in [0.15, 0.2) is 0 Å². The number of fused-ring (bicyclic) bond motifs is 1. The molecule has 7 nitrogen and oxygen atoms in total. The Kier molecular flexibility index (Phi) is 5.34. The normalized spacial score (nSPS) is 12.8. The Morgan fingerprint density at radius 1 is 1.28 bits per heavy atom. The van der Waals surface area contributed by atoms with E-state index in [4.69, 9.17) is 4.98 Å². The van der Waals surface area contributed by atoms with Crippen molar-refractivity contribution >= 4 is 5.91 Å². The summed E-state index contributed by atoms with van der Waals surface area (Å²) in [5.74, 6) is 0.654. The molecule has 1 amide bonds. The van der Waals surface area contributed by atoms with Gasteiger partial charge in [0, 0.05) is 36.8 Å². The first-order chi connectivity index (χ1) is 14.2. The van der Waals surface area contributed by atoms with Gasteiger partial charge < -0.3 is 9.88 Å². The van der Waals surface area contributed by atoms with E-state index in [1.165, 1.54) is 5.56 Å². The number of carbonyl (C=O) groups is 1. The molecule has 2 aromatic heterocycles. The highest BCUT2D eigenvalue weighted by molar-refractivity contribution is 5.95. The summed E-state index contributed by atoms with van der Waals surface area (Å²) >= 11 is 0. The Morgan fingerprint density at radius 3 is 2.93 bits per heavy atom. The zero-order valence-corrected chi connectivity index (χ0v) is 16.4. The molecule has 2 heterocycles. The van der Waals surface area contributed by atoms with E-state index in [0.717, 1.165) is 42.8 Å². The quantitative estimate of drug-likeness (QED) is 0.727. The van der Waals surface area contributed by atoms with Crippen LogP contribution >= 0.6 is 0 Å². The van der Waals surface area contributed by atoms with Gasteiger partial charge in [0.25, 0.3) is 5.91 Å². The molecule has 0 spiro atoms. The maximum Gasteiger partial charge on any atom is 0.251 e. The number of benzene rings is 1. The third kappa shape index (κ3) is 4.02. The van der Waals surface area contributed by atoms with Gasteiger partial charge in [0.2, 0.25) is 0 Å². The summed E-state index contributed by atoms with van der Waals surface area (Å²) in [7, 11) is 1.87. The number of nitriles is 1. The van der Waals surface area contributed by atoms with Gasteiger partial charge in [-0.25, -0.2) is 0 Å². The average Bonchev–Trinajstić information content (AvgIpc) is 3.17. The molecule has 4 rings (SSSR count). The lowest BCUT2D eigenvalue weighted by Crippen LogP contribution is -2.26. The van der Waals surface area contributed by atoms with Crippen molar-refractivity contribution in [2.75, 3.05) is 6.54 Å². The van der Waals surface area contributed by atoms with Gasteiger partial charge in [-0.3, -0.25) is 9.78 Å². The molecular weight excluding hydrogens is 364 g/mol. The lowest BCUT2D eigenvalue weighted by atomic mass is 9.93. The highest BCUT2D eigenvalue weighted by atomic mass is 16.1. The lowest BCUT2D eigenvalue weighted by Gasteiger charge is -2.17. The van der Waals surface area contributed by atoms with E-state index in [1.54, 1.807) is 18.5 Å². The Hall–Kier alpha value is -3.53. The molecule has 0 fully saturated rings. The van der Waals surface area contributed by atoms with E-state index in [9.17, 15) is 10.1 Å². The van der Waals surface area contributed by atoms with Crippen molar-refractivity contribution in [3.8, 4) is 17.3 Å². The monoisotopic (exact) mass is 386 g/mol. The topological polar surface area (TPSA) is 96.5 Å². The number of pyridine rings is 1. The first-order valence-electron chi connectivity index (χ1n) is 9.80. The highest BCUT2D eigenvalue weighted by Crippen LogP contribution is 2.28. The predicted octanol–water partition coefficient (Wildman–Crippen LogP) is 2.60. The van der Waals surface area contributed by atoms with E-state index < -0.39 is 0 Å². The third-order valence-electron chi connectivity index (χ3n) is 5.26. The fraction of sp³-hybridized carbons (Fsp3) is 0.318. The molecule has 146 valence electrons. The Labute approximate surface area is 169 Å². The van der Waals surface area contributed by atoms with Gasteiger partial charge in [-0.15, -0.1) is 10.2 Å². The minimum absolute atomic E-state index is 0.162. The van der Waals surface area contributed by atoms with Crippen LogP contribution in [0.4, 0.5) is 0 Å². The number of rotatable bonds is 5. The lowest BCUT2D eigenvalue weighted by molar-refractivity contribution is 0.0954. The van der Waals surface area contributed by atoms with Crippen LogP contribution in [0.25, 0.3) is 11.3 Å². The van der Waals surface area contributed by atoms with Crippen LogP contribution in [0.2, 0.25) is 0 Å². The van der Waals surface area contributed by atoms with Crippen molar-refractivity contribution in [1.82, 2.24) is 25.1 Å². The smallest absolute Gasteiger partial charge is 0.251 e. The number of nitrogens with one attached hydrogen (secondary N) is 1. The van der Waals surface area contributed by atoms with Crippen molar-refractivity contribution in [2.24, 2.45) is 7.05 Å². The maximum atomic E-state index is 12.6. The van der Waals surface area contributed by atoms with E-state index in [-0.39, 0.29) is 5.91 Å². The molecular formula is C22H22N6O. The van der Waals surface area contributed by atoms with Crippen molar-refractivity contribution < 1.29 is 4.79 Å². The fourth-order valence-corrected chi connectivity index (χ4v) is 3.67. The summed E-state index contributed by atoms with van der Waals surface area (Å²) in [5.41, 5.74) is 4.80. The van der Waals surface area contributed by atoms with Crippen molar-refractivity contribution in [3.05, 3.63) is 64.9 Å². The molecule has 29 heavy (non-hydrogen) atoms. The highest BCUT2D eigenvalue weighted by Gasteiger charge is 2.17. The van der Waals surface area contributed by atoms with Crippen LogP contribution in [-0.4, -0.2) is 32.2 Å². The van der Waals surface area contributed by atoms with Gasteiger partial charge >= 0.3 is 0 Å². The number of hydrogen-bond donors (Lipinski definition) is 1. The minimum Gasteiger partial charge on any atom is -0.352 e. The van der Waals surface area contributed by atoms with Crippen molar-refractivity contribution in [3.63, 3.8) is 0 Å². The summed E-state index contributed by atoms with van der Waals surface area (Å²) in [6.45, 7) is 0.468. The second kappa shape index (κ2) is 8.23. The predicted molar refractivity (Wildman–Crippen MR) is 108 cm³/mol. The molecule has 1 aliphatic carbocycles. The molecule has 0 saturated heterocycles. The summed E-state index contributed by atoms with van der Waals surface area (Å²) in [6.07, 6.45) is 6.43. The Bertz CT molecular complexity index is 1090. The molecule has 1 N–H and O–H groups in total. The van der Waals surface area contributed by atoms with Crippen molar-refractivity contribution in [2.45, 2.75) is 32.1 Å². The number of nitrogens with zero attached hydrogens (tertiary/aromatic N) is 5. The fourth-order valence-electron chi connectivity index (χ4n) is 3.67. The number of aromatic nitrogens is 4. The molecule has 7 heteroatoms. The molecule has 0 bridgehead atoms. The SMILES string of the molecule is Cn1cnnc1CCNC(=O)c1cccc(-c2nc3c(cc2C#N)CCCC3)c1. The van der Waals surface area contributed by atoms with E-state index in [0.29, 0.717) is 29.8 Å². The van der Waals surface area contributed by atoms with Gasteiger partial charge in [-0.2, -0.15) is 5.26 Å². The first-order valence-corrected chi connectivity index (χ1v) is 9.80. The van der Waals surface area contributed by atoms with Gasteiger partial charge in [-0.1, -0.05) is 12.1 Å². The third-order valence-corrected chi connectivity index (χ3v) is 5.26. The number of aryl methyl sites for hydroxylation is 3. The van der Waals surface area contributed by atoms with Crippen LogP contribution in [0.3, 0.4) is 0 Å². The van der Waals surface area contributed by atoms with Crippen LogP contribution in [0.15, 0.2) is 36.7 Å². The number of carbonyl (C=O) groups excluding carboxylic acids is 1. The molecule has 3 aromatic rings. The minimum atomic E-state index is -0.162. The van der Waals surface area contributed by atoms with Crippen molar-refractivity contribution in [1.29, 1.82) is 5.26 Å². The second-order valence-electron chi connectivity index (χ2n) is 7.25. The second-order valence-corrected chi connectivity index (χ2v) is 7.25. The molecule has 0 aliphatic heterocycles. The molecule has 0 unspecified atom stereocenters. The standard InChI is InChI=1S/C22H22N6O/c1-28-14-25-27-20(28)9-10-24-22(29)17-7-4-6-16(12-17)21-18(13-23)11-15-5-2-3-8-19(15)26-21/h4,6-7,11-12,14H,2-3,5,8-10H2,1H3,(H,24,29). The summed E-state index contributed by atoms with van der Waals surface area (Å²) < 4.78 is 1.83. The van der Waals surface area contributed by atoms with E-state index in [2.05, 4.69) is 21.6 Å². The van der Waals surface area contributed by atoms with Gasteiger partial charge in [0.1, 0.15) is 18.2 Å². The van der Waals surface area contributed by atoms with Crippen LogP contribution in [0.5, 0.6) is 0 Å². The van der Waals surface area contributed by atoms with Crippen LogP contribution in [0, 0.1) is 11.3 Å². The molecule has 0 atom stereocenters. The Balaban J connectivity index is 1.53. The summed E-state index contributed by atoms with van der Waals surface area (Å²) in [5, 5.41) is 20.4. The summed E-state index contributed by atoms with van der Waals surface area (Å²) in [6, 6.07) is 11.5. The van der Waals surface area contributed by atoms with E-state index >= 15 is 0 Å². The van der Waals surface area contributed by atoms with Crippen LogP contribution < -0.4 is 5.32 Å². The maximum absolute atomic E-state index is 12.6. The molecule has 0 saturated carbocycles. The first kappa shape index (κ1) is 18.8. The number of hydrogen-bond acceptors (Lipinski definition) is 5. The molecule has 1 aromatic carbocycles. The van der Waals surface area contributed by atoms with Gasteiger partial charge in [0.05, 0.1) is 11.3 Å². The molecule has 1 aliphatic rings. The van der Waals surface area contributed by atoms with Crippen LogP contribution in [0.1, 0.15) is 45.8 Å². The zero-order chi connectivity index (χ0) is 20.2.